The summed E-state index contributed by atoms with van der Waals surface area (Å²) in [6.45, 7) is 4.13. The van der Waals surface area contributed by atoms with E-state index in [4.69, 9.17) is 9.84 Å². The van der Waals surface area contributed by atoms with E-state index in [-0.39, 0.29) is 5.95 Å². The van der Waals surface area contributed by atoms with Crippen LogP contribution in [0.1, 0.15) is 20.3 Å². The summed E-state index contributed by atoms with van der Waals surface area (Å²) < 4.78 is 5.18. The molecule has 1 rings (SSSR count). The minimum absolute atomic E-state index is 0.264. The van der Waals surface area contributed by atoms with Crippen LogP contribution in [0.3, 0.4) is 0 Å². The third-order valence-corrected chi connectivity index (χ3v) is 1.93. The van der Waals surface area contributed by atoms with Gasteiger partial charge in [0.2, 0.25) is 11.8 Å². The summed E-state index contributed by atoms with van der Waals surface area (Å²) in [6, 6.07) is 0.938. The van der Waals surface area contributed by atoms with Gasteiger partial charge in [0.05, 0.1) is 6.61 Å². The molecule has 0 saturated carbocycles. The highest BCUT2D eigenvalue weighted by Gasteiger charge is 2.15. The molecule has 16 heavy (non-hydrogen) atoms. The number of carbonyl (C=O) groups is 1. The maximum Gasteiger partial charge on any atom is 0.326 e. The minimum atomic E-state index is -0.923. The molecular weight excluding hydrogens is 210 g/mol. The van der Waals surface area contributed by atoms with Crippen molar-refractivity contribution in [1.82, 2.24) is 9.97 Å². The molecule has 0 saturated heterocycles. The minimum Gasteiger partial charge on any atom is -0.480 e. The lowest BCUT2D eigenvalue weighted by Crippen LogP contribution is -2.29. The monoisotopic (exact) mass is 225 g/mol. The molecule has 0 bridgehead atoms. The van der Waals surface area contributed by atoms with Crippen molar-refractivity contribution in [2.45, 2.75) is 26.3 Å². The van der Waals surface area contributed by atoms with Gasteiger partial charge in [0.25, 0.3) is 0 Å². The average molecular weight is 225 g/mol. The standard InChI is InChI=1S/C10H15N3O3/c1-3-7(9(14)15)12-10-11-6-5-8(13-10)16-4-2/h5-7H,3-4H2,1-2H3,(H,14,15)(H,11,12,13). The molecule has 1 aromatic rings. The summed E-state index contributed by atoms with van der Waals surface area (Å²) in [6.07, 6.45) is 1.98. The number of nitrogens with one attached hydrogen (secondary N) is 1. The fraction of sp³-hybridized carbons (Fsp3) is 0.500. The number of aliphatic carboxylic acids is 1. The predicted octanol–water partition coefficient (Wildman–Crippen LogP) is 1.15. The number of carboxylic acids is 1. The number of hydrogen-bond donors (Lipinski definition) is 2. The van der Waals surface area contributed by atoms with E-state index in [9.17, 15) is 4.79 Å². The number of ether oxygens (including phenoxy) is 1. The normalized spacial score (nSPS) is 11.9. The lowest BCUT2D eigenvalue weighted by molar-refractivity contribution is -0.138. The van der Waals surface area contributed by atoms with Crippen LogP contribution in [0.15, 0.2) is 12.3 Å². The topological polar surface area (TPSA) is 84.3 Å². The van der Waals surface area contributed by atoms with E-state index in [1.165, 1.54) is 6.20 Å². The smallest absolute Gasteiger partial charge is 0.326 e. The predicted molar refractivity (Wildman–Crippen MR) is 58.5 cm³/mol. The van der Waals surface area contributed by atoms with Gasteiger partial charge < -0.3 is 15.2 Å². The molecule has 88 valence electrons. The van der Waals surface area contributed by atoms with Crippen LogP contribution in [0.5, 0.6) is 5.88 Å². The molecule has 1 unspecified atom stereocenters. The van der Waals surface area contributed by atoms with Crippen molar-refractivity contribution in [3.63, 3.8) is 0 Å². The number of aromatic nitrogens is 2. The van der Waals surface area contributed by atoms with Crippen molar-refractivity contribution in [2.75, 3.05) is 11.9 Å². The van der Waals surface area contributed by atoms with Gasteiger partial charge in [0.1, 0.15) is 6.04 Å². The van der Waals surface area contributed by atoms with E-state index >= 15 is 0 Å². The van der Waals surface area contributed by atoms with Crippen LogP contribution in [0, 0.1) is 0 Å². The van der Waals surface area contributed by atoms with Crippen LogP contribution in [0.25, 0.3) is 0 Å². The first-order valence-corrected chi connectivity index (χ1v) is 5.12. The Kier molecular flexibility index (Phi) is 4.50. The molecule has 2 N–H and O–H groups in total. The lowest BCUT2D eigenvalue weighted by atomic mass is 10.2. The first-order chi connectivity index (χ1) is 7.67. The molecule has 0 spiro atoms. The van der Waals surface area contributed by atoms with E-state index in [0.29, 0.717) is 18.9 Å². The highest BCUT2D eigenvalue weighted by Crippen LogP contribution is 2.09. The second-order valence-electron chi connectivity index (χ2n) is 3.09. The van der Waals surface area contributed by atoms with Crippen molar-refractivity contribution in [2.24, 2.45) is 0 Å². The Labute approximate surface area is 93.7 Å². The van der Waals surface area contributed by atoms with Crippen LogP contribution in [0.4, 0.5) is 5.95 Å². The van der Waals surface area contributed by atoms with Crippen molar-refractivity contribution in [3.8, 4) is 5.88 Å². The first-order valence-electron chi connectivity index (χ1n) is 5.12. The largest absolute Gasteiger partial charge is 0.480 e. The average Bonchev–Trinajstić information content (AvgIpc) is 2.26. The van der Waals surface area contributed by atoms with Gasteiger partial charge in [-0.3, -0.25) is 0 Å². The molecule has 1 aromatic heterocycles. The molecule has 0 aliphatic rings. The maximum atomic E-state index is 10.8. The third-order valence-electron chi connectivity index (χ3n) is 1.93. The van der Waals surface area contributed by atoms with Gasteiger partial charge in [-0.25, -0.2) is 9.78 Å². The third kappa shape index (κ3) is 3.38. The summed E-state index contributed by atoms with van der Waals surface area (Å²) in [5.74, 6) is -0.228. The maximum absolute atomic E-state index is 10.8. The van der Waals surface area contributed by atoms with Crippen LogP contribution >= 0.6 is 0 Å². The quantitative estimate of drug-likeness (QED) is 0.755. The number of carboxylic acid groups (broad SMARTS) is 1. The van der Waals surface area contributed by atoms with Gasteiger partial charge in [0, 0.05) is 12.3 Å². The van der Waals surface area contributed by atoms with Crippen LogP contribution in [-0.4, -0.2) is 33.7 Å². The molecule has 0 aliphatic carbocycles. The molecular formula is C10H15N3O3. The van der Waals surface area contributed by atoms with Crippen molar-refractivity contribution >= 4 is 11.9 Å². The van der Waals surface area contributed by atoms with Gasteiger partial charge in [-0.15, -0.1) is 0 Å². The van der Waals surface area contributed by atoms with Gasteiger partial charge in [-0.2, -0.15) is 4.98 Å². The van der Waals surface area contributed by atoms with Crippen molar-refractivity contribution in [3.05, 3.63) is 12.3 Å². The van der Waals surface area contributed by atoms with Gasteiger partial charge in [0.15, 0.2) is 0 Å². The van der Waals surface area contributed by atoms with Crippen molar-refractivity contribution < 1.29 is 14.6 Å². The van der Waals surface area contributed by atoms with E-state index < -0.39 is 12.0 Å². The molecule has 1 atom stereocenters. The Morgan fingerprint density at radius 2 is 2.38 bits per heavy atom. The number of rotatable bonds is 6. The fourth-order valence-electron chi connectivity index (χ4n) is 1.13. The first kappa shape index (κ1) is 12.2. The fourth-order valence-corrected chi connectivity index (χ4v) is 1.13. The molecule has 0 aliphatic heterocycles. The zero-order valence-corrected chi connectivity index (χ0v) is 9.30. The van der Waals surface area contributed by atoms with E-state index in [1.54, 1.807) is 13.0 Å². The van der Waals surface area contributed by atoms with E-state index in [1.807, 2.05) is 6.92 Å². The molecule has 0 fully saturated rings. The summed E-state index contributed by atoms with van der Waals surface area (Å²) in [7, 11) is 0. The van der Waals surface area contributed by atoms with Crippen molar-refractivity contribution in [1.29, 1.82) is 0 Å². The Bertz CT molecular complexity index is 357. The lowest BCUT2D eigenvalue weighted by Gasteiger charge is -2.12. The molecule has 6 nitrogen and oxygen atoms in total. The Balaban J connectivity index is 2.72. The number of hydrogen-bond acceptors (Lipinski definition) is 5. The second kappa shape index (κ2) is 5.89. The number of nitrogens with zero attached hydrogens (tertiary/aromatic N) is 2. The van der Waals surface area contributed by atoms with Gasteiger partial charge in [-0.05, 0) is 13.3 Å². The Morgan fingerprint density at radius 1 is 1.62 bits per heavy atom. The molecule has 1 heterocycles. The van der Waals surface area contributed by atoms with Gasteiger partial charge in [-0.1, -0.05) is 6.92 Å². The molecule has 0 amide bonds. The van der Waals surface area contributed by atoms with Crippen LogP contribution in [0.2, 0.25) is 0 Å². The summed E-state index contributed by atoms with van der Waals surface area (Å²) in [5.41, 5.74) is 0. The van der Waals surface area contributed by atoms with E-state index in [2.05, 4.69) is 15.3 Å². The zero-order chi connectivity index (χ0) is 12.0. The number of anilines is 1. The zero-order valence-electron chi connectivity index (χ0n) is 9.30. The Hall–Kier alpha value is -1.85. The summed E-state index contributed by atoms with van der Waals surface area (Å²) in [4.78, 5) is 18.7. The van der Waals surface area contributed by atoms with Crippen LogP contribution in [-0.2, 0) is 4.79 Å². The molecule has 0 radical (unpaired) electrons. The summed E-state index contributed by atoms with van der Waals surface area (Å²) >= 11 is 0. The highest BCUT2D eigenvalue weighted by molar-refractivity contribution is 5.76. The summed E-state index contributed by atoms with van der Waals surface area (Å²) in [5, 5.41) is 11.6. The highest BCUT2D eigenvalue weighted by atomic mass is 16.5. The van der Waals surface area contributed by atoms with E-state index in [0.717, 1.165) is 0 Å². The SMILES string of the molecule is CCOc1ccnc(NC(CC)C(=O)O)n1. The Morgan fingerprint density at radius 3 is 2.94 bits per heavy atom. The van der Waals surface area contributed by atoms with Crippen LogP contribution < -0.4 is 10.1 Å². The van der Waals surface area contributed by atoms with Gasteiger partial charge >= 0.3 is 5.97 Å². The second-order valence-corrected chi connectivity index (χ2v) is 3.09. The molecule has 0 aromatic carbocycles. The molecule has 6 heteroatoms.